The van der Waals surface area contributed by atoms with Crippen molar-refractivity contribution in [2.45, 2.75) is 31.3 Å². The summed E-state index contributed by atoms with van der Waals surface area (Å²) in [6, 6.07) is 7.80. The van der Waals surface area contributed by atoms with Gasteiger partial charge in [0, 0.05) is 5.69 Å². The summed E-state index contributed by atoms with van der Waals surface area (Å²) in [7, 11) is -4.28. The molecule has 202 valence electrons. The Hall–Kier alpha value is -4.60. The standard InChI is InChI=1S/C22H23F2N7O6S/c1-22(2,3)37-21(34)26-11-16(32)30-38(35,36)13-9-7-12(8-10-13)27-20-28-19(25)31(29-20)18(33)17-14(23)5-4-6-15(17)24/h4-10H,11H2,1-3H3,(H,26,34)(H,30,32)(H3,25,27,28,29). The summed E-state index contributed by atoms with van der Waals surface area (Å²) in [4.78, 5) is 39.6. The highest BCUT2D eigenvalue weighted by molar-refractivity contribution is 7.90. The molecule has 3 aromatic rings. The fourth-order valence-corrected chi connectivity index (χ4v) is 3.88. The number of amides is 2. The van der Waals surface area contributed by atoms with E-state index in [1.54, 1.807) is 20.8 Å². The lowest BCUT2D eigenvalue weighted by atomic mass is 10.2. The Morgan fingerprint density at radius 2 is 1.66 bits per heavy atom. The number of aromatic nitrogens is 3. The fourth-order valence-electron chi connectivity index (χ4n) is 2.89. The van der Waals surface area contributed by atoms with Gasteiger partial charge in [0.05, 0.1) is 4.90 Å². The summed E-state index contributed by atoms with van der Waals surface area (Å²) in [6.45, 7) is 4.23. The number of carbonyl (C=O) groups excluding carboxylic acids is 3. The van der Waals surface area contributed by atoms with Gasteiger partial charge in [0.1, 0.15) is 29.3 Å². The van der Waals surface area contributed by atoms with Crippen molar-refractivity contribution in [2.75, 3.05) is 17.6 Å². The summed E-state index contributed by atoms with van der Waals surface area (Å²) in [5.41, 5.74) is 4.25. The first-order valence-corrected chi connectivity index (χ1v) is 12.3. The SMILES string of the molecule is CC(C)(C)OC(=O)NCC(=O)NS(=O)(=O)c1ccc(Nc2nc(N)n(C(=O)c3c(F)cccc3F)n2)cc1. The summed E-state index contributed by atoms with van der Waals surface area (Å²) in [5.74, 6) is -5.07. The zero-order chi connectivity index (χ0) is 28.3. The first-order valence-electron chi connectivity index (χ1n) is 10.8. The molecular weight excluding hydrogens is 528 g/mol. The molecule has 1 heterocycles. The van der Waals surface area contributed by atoms with Crippen LogP contribution in [0.25, 0.3) is 0 Å². The minimum Gasteiger partial charge on any atom is -0.444 e. The largest absolute Gasteiger partial charge is 0.444 e. The molecule has 5 N–H and O–H groups in total. The van der Waals surface area contributed by atoms with Crippen LogP contribution >= 0.6 is 0 Å². The Bertz CT molecular complexity index is 1460. The Labute approximate surface area is 215 Å². The Kier molecular flexibility index (Phi) is 7.95. The minimum atomic E-state index is -4.28. The number of ether oxygens (including phenoxy) is 1. The molecule has 16 heteroatoms. The lowest BCUT2D eigenvalue weighted by Gasteiger charge is -2.19. The lowest BCUT2D eigenvalue weighted by molar-refractivity contribution is -0.118. The van der Waals surface area contributed by atoms with E-state index < -0.39 is 63.2 Å². The van der Waals surface area contributed by atoms with Gasteiger partial charge in [-0.15, -0.1) is 5.10 Å². The molecule has 0 saturated heterocycles. The van der Waals surface area contributed by atoms with E-state index in [1.807, 2.05) is 4.72 Å². The summed E-state index contributed by atoms with van der Waals surface area (Å²) in [6.07, 6.45) is -0.891. The van der Waals surface area contributed by atoms with Crippen LogP contribution in [0.3, 0.4) is 0 Å². The van der Waals surface area contributed by atoms with Crippen LogP contribution in [0.1, 0.15) is 31.1 Å². The van der Waals surface area contributed by atoms with Crippen LogP contribution in [0.15, 0.2) is 47.4 Å². The number of benzene rings is 2. The van der Waals surface area contributed by atoms with E-state index in [2.05, 4.69) is 20.7 Å². The highest BCUT2D eigenvalue weighted by atomic mass is 32.2. The van der Waals surface area contributed by atoms with Crippen molar-refractivity contribution in [1.29, 1.82) is 0 Å². The third-order valence-electron chi connectivity index (χ3n) is 4.46. The quantitative estimate of drug-likeness (QED) is 0.338. The third kappa shape index (κ3) is 7.00. The van der Waals surface area contributed by atoms with Crippen molar-refractivity contribution in [3.8, 4) is 0 Å². The van der Waals surface area contributed by atoms with Crippen LogP contribution in [0.2, 0.25) is 0 Å². The average Bonchev–Trinajstić information content (AvgIpc) is 3.16. The van der Waals surface area contributed by atoms with E-state index in [0.717, 1.165) is 30.3 Å². The van der Waals surface area contributed by atoms with Gasteiger partial charge in [-0.25, -0.2) is 26.7 Å². The number of hydrogen-bond donors (Lipinski definition) is 4. The van der Waals surface area contributed by atoms with Crippen LogP contribution in [-0.2, 0) is 19.6 Å². The number of nitrogens with two attached hydrogens (primary N) is 1. The van der Waals surface area contributed by atoms with Crippen molar-refractivity contribution in [3.63, 3.8) is 0 Å². The molecule has 0 atom stereocenters. The number of nitrogen functional groups attached to an aromatic ring is 1. The Balaban J connectivity index is 1.65. The molecule has 38 heavy (non-hydrogen) atoms. The van der Waals surface area contributed by atoms with Crippen LogP contribution in [0.5, 0.6) is 0 Å². The molecular formula is C22H23F2N7O6S. The maximum absolute atomic E-state index is 13.9. The van der Waals surface area contributed by atoms with E-state index in [9.17, 15) is 31.6 Å². The van der Waals surface area contributed by atoms with Gasteiger partial charge in [0.25, 0.3) is 21.8 Å². The molecule has 0 radical (unpaired) electrons. The maximum atomic E-state index is 13.9. The molecule has 13 nitrogen and oxygen atoms in total. The van der Waals surface area contributed by atoms with Gasteiger partial charge >= 0.3 is 6.09 Å². The summed E-state index contributed by atoms with van der Waals surface area (Å²) in [5, 5.41) is 8.60. The van der Waals surface area contributed by atoms with E-state index in [0.29, 0.717) is 4.68 Å². The van der Waals surface area contributed by atoms with E-state index >= 15 is 0 Å². The van der Waals surface area contributed by atoms with Crippen molar-refractivity contribution >= 4 is 45.5 Å². The van der Waals surface area contributed by atoms with Crippen LogP contribution < -0.4 is 21.1 Å². The number of alkyl carbamates (subject to hydrolysis) is 1. The van der Waals surface area contributed by atoms with Crippen LogP contribution in [-0.4, -0.2) is 53.2 Å². The molecule has 0 aliphatic rings. The smallest absolute Gasteiger partial charge is 0.408 e. The highest BCUT2D eigenvalue weighted by Gasteiger charge is 2.23. The summed E-state index contributed by atoms with van der Waals surface area (Å²) >= 11 is 0. The number of halogens is 2. The van der Waals surface area contributed by atoms with E-state index in [4.69, 9.17) is 10.5 Å². The number of nitrogens with zero attached hydrogens (tertiary/aromatic N) is 3. The number of anilines is 3. The van der Waals surface area contributed by atoms with Crippen molar-refractivity contribution < 1.29 is 36.3 Å². The summed E-state index contributed by atoms with van der Waals surface area (Å²) < 4.78 is 60.1. The number of rotatable bonds is 7. The van der Waals surface area contributed by atoms with Crippen molar-refractivity contribution in [1.82, 2.24) is 24.8 Å². The molecule has 0 unspecified atom stereocenters. The first kappa shape index (κ1) is 28.0. The zero-order valence-electron chi connectivity index (χ0n) is 20.3. The van der Waals surface area contributed by atoms with E-state index in [-0.39, 0.29) is 16.5 Å². The molecule has 0 aliphatic heterocycles. The van der Waals surface area contributed by atoms with Crippen molar-refractivity contribution in [3.05, 3.63) is 59.7 Å². The average molecular weight is 552 g/mol. The van der Waals surface area contributed by atoms with Crippen LogP contribution in [0, 0.1) is 11.6 Å². The second kappa shape index (κ2) is 10.8. The molecule has 1 aromatic heterocycles. The molecule has 2 aromatic carbocycles. The topological polar surface area (TPSA) is 187 Å². The molecule has 0 fully saturated rings. The molecule has 0 bridgehead atoms. The van der Waals surface area contributed by atoms with Gasteiger partial charge in [-0.05, 0) is 57.2 Å². The predicted molar refractivity (Wildman–Crippen MR) is 130 cm³/mol. The number of sulfonamides is 1. The monoisotopic (exact) mass is 551 g/mol. The number of nitrogens with one attached hydrogen (secondary N) is 3. The first-order chi connectivity index (χ1) is 17.7. The molecule has 2 amide bonds. The molecule has 3 rings (SSSR count). The van der Waals surface area contributed by atoms with Gasteiger partial charge in [-0.3, -0.25) is 9.59 Å². The molecule has 0 aliphatic carbocycles. The van der Waals surface area contributed by atoms with Gasteiger partial charge in [-0.2, -0.15) is 9.67 Å². The maximum Gasteiger partial charge on any atom is 0.408 e. The molecule has 0 spiro atoms. The van der Waals surface area contributed by atoms with Gasteiger partial charge in [-0.1, -0.05) is 6.07 Å². The number of hydrogen-bond acceptors (Lipinski definition) is 10. The van der Waals surface area contributed by atoms with Gasteiger partial charge in [0.2, 0.25) is 11.9 Å². The molecule has 0 saturated carbocycles. The zero-order valence-corrected chi connectivity index (χ0v) is 21.1. The van der Waals surface area contributed by atoms with Crippen molar-refractivity contribution in [2.24, 2.45) is 0 Å². The van der Waals surface area contributed by atoms with Crippen LogP contribution in [0.4, 0.5) is 31.2 Å². The second-order valence-electron chi connectivity index (χ2n) is 8.64. The second-order valence-corrected chi connectivity index (χ2v) is 10.3. The minimum absolute atomic E-state index is 0.218. The van der Waals surface area contributed by atoms with E-state index in [1.165, 1.54) is 12.1 Å². The third-order valence-corrected chi connectivity index (χ3v) is 5.85. The van der Waals surface area contributed by atoms with Gasteiger partial charge < -0.3 is 21.1 Å². The fraction of sp³-hybridized carbons (Fsp3) is 0.227. The lowest BCUT2D eigenvalue weighted by Crippen LogP contribution is -2.41. The highest BCUT2D eigenvalue weighted by Crippen LogP contribution is 2.20. The van der Waals surface area contributed by atoms with Gasteiger partial charge in [0.15, 0.2) is 0 Å². The Morgan fingerprint density at radius 3 is 2.24 bits per heavy atom. The predicted octanol–water partition coefficient (Wildman–Crippen LogP) is 1.90. The number of carbonyl (C=O) groups is 3. The normalized spacial score (nSPS) is 11.5. The Morgan fingerprint density at radius 1 is 1.05 bits per heavy atom.